The number of hydrogen-bond donors (Lipinski definition) is 0. The quantitative estimate of drug-likeness (QED) is 0.631. The number of rotatable bonds is 2. The molecule has 0 atom stereocenters. The number of fused-ring (bicyclic) bond motifs is 1. The van der Waals surface area contributed by atoms with Crippen molar-refractivity contribution in [2.45, 2.75) is 39.2 Å². The maximum absolute atomic E-state index is 12.7. The first-order chi connectivity index (χ1) is 9.33. The van der Waals surface area contributed by atoms with Crippen LogP contribution in [0.5, 0.6) is 0 Å². The van der Waals surface area contributed by atoms with Crippen molar-refractivity contribution in [2.75, 3.05) is 0 Å². The van der Waals surface area contributed by atoms with Gasteiger partial charge in [0.1, 0.15) is 0 Å². The zero-order valence-electron chi connectivity index (χ0n) is 11.7. The average Bonchev–Trinajstić information content (AvgIpc) is 3.08. The highest BCUT2D eigenvalue weighted by Gasteiger charge is 2.42. The van der Waals surface area contributed by atoms with Crippen LogP contribution in [0, 0.1) is 6.92 Å². The molecule has 1 saturated carbocycles. The smallest absolute Gasteiger partial charge is 0.262 e. The van der Waals surface area contributed by atoms with Gasteiger partial charge in [0.05, 0.1) is 10.9 Å². The summed E-state index contributed by atoms with van der Waals surface area (Å²) in [7, 11) is 0. The number of hydrogen-bond acceptors (Lipinski definition) is 3. The Kier molecular flexibility index (Phi) is 2.77. The molecule has 0 amide bonds. The van der Waals surface area contributed by atoms with E-state index in [-0.39, 0.29) is 22.2 Å². The highest BCUT2D eigenvalue weighted by Crippen LogP contribution is 2.43. The van der Waals surface area contributed by atoms with Gasteiger partial charge >= 0.3 is 0 Å². The third kappa shape index (κ3) is 1.86. The van der Waals surface area contributed by atoms with Gasteiger partial charge < -0.3 is 0 Å². The first-order valence-corrected chi connectivity index (χ1v) is 6.96. The number of carbonyl (C=O) groups is 1. The number of Topliss-reactive ketones (excluding diaryl/α,β-unsaturated/α-hetero) is 1. The molecule has 2 aromatic rings. The molecule has 0 aliphatic heterocycles. The van der Waals surface area contributed by atoms with Gasteiger partial charge in [0.15, 0.2) is 5.78 Å². The van der Waals surface area contributed by atoms with E-state index < -0.39 is 0 Å². The first-order valence-electron chi connectivity index (χ1n) is 6.58. The van der Waals surface area contributed by atoms with E-state index in [1.54, 1.807) is 16.7 Å². The lowest BCUT2D eigenvalue weighted by Crippen LogP contribution is -2.30. The van der Waals surface area contributed by atoms with Crippen LogP contribution in [0.3, 0.4) is 0 Å². The summed E-state index contributed by atoms with van der Waals surface area (Å²) in [5.41, 5.74) is 1.34. The molecule has 1 aromatic heterocycles. The van der Waals surface area contributed by atoms with Crippen molar-refractivity contribution in [3.63, 3.8) is 0 Å². The molecular formula is C15H15ClN2O2. The molecule has 20 heavy (non-hydrogen) atoms. The van der Waals surface area contributed by atoms with E-state index in [1.165, 1.54) is 6.92 Å². The van der Waals surface area contributed by atoms with E-state index in [4.69, 9.17) is 11.6 Å². The molecule has 1 heterocycles. The van der Waals surface area contributed by atoms with Crippen molar-refractivity contribution in [3.8, 4) is 0 Å². The molecule has 0 saturated heterocycles. The van der Waals surface area contributed by atoms with Crippen molar-refractivity contribution in [1.82, 2.24) is 9.55 Å². The number of aromatic nitrogens is 2. The minimum absolute atomic E-state index is 0.114. The molecular weight excluding hydrogens is 276 g/mol. The van der Waals surface area contributed by atoms with Gasteiger partial charge in [-0.05, 0) is 62.9 Å². The fourth-order valence-corrected chi connectivity index (χ4v) is 2.91. The molecule has 1 aromatic carbocycles. The summed E-state index contributed by atoms with van der Waals surface area (Å²) in [5.74, 6) is -0.114. The summed E-state index contributed by atoms with van der Waals surface area (Å²) in [5, 5.41) is 0.626. The van der Waals surface area contributed by atoms with Crippen LogP contribution < -0.4 is 5.56 Å². The monoisotopic (exact) mass is 290 g/mol. The number of nitrogens with zero attached hydrogens (tertiary/aromatic N) is 2. The van der Waals surface area contributed by atoms with Crippen molar-refractivity contribution in [2.24, 2.45) is 0 Å². The Morgan fingerprint density at radius 3 is 2.60 bits per heavy atom. The lowest BCUT2D eigenvalue weighted by Gasteiger charge is -2.16. The summed E-state index contributed by atoms with van der Waals surface area (Å²) >= 11 is 6.19. The van der Waals surface area contributed by atoms with E-state index in [1.807, 2.05) is 13.8 Å². The van der Waals surface area contributed by atoms with Gasteiger partial charge in [0, 0.05) is 11.1 Å². The second-order valence-corrected chi connectivity index (χ2v) is 6.12. The first kappa shape index (κ1) is 13.3. The summed E-state index contributed by atoms with van der Waals surface area (Å²) in [4.78, 5) is 28.7. The van der Waals surface area contributed by atoms with Gasteiger partial charge in [-0.15, -0.1) is 0 Å². The summed E-state index contributed by atoms with van der Waals surface area (Å²) in [6.07, 6.45) is 1.84. The molecule has 1 fully saturated rings. The molecule has 0 N–H and O–H groups in total. The van der Waals surface area contributed by atoms with Crippen LogP contribution in [0.25, 0.3) is 10.9 Å². The number of carbonyl (C=O) groups excluding carboxylic acids is 1. The Bertz CT molecular complexity index is 804. The van der Waals surface area contributed by atoms with Crippen LogP contribution in [0.2, 0.25) is 5.28 Å². The minimum Gasteiger partial charge on any atom is -0.294 e. The molecule has 0 radical (unpaired) electrons. The Labute approximate surface area is 121 Å². The molecule has 1 aliphatic carbocycles. The van der Waals surface area contributed by atoms with Crippen LogP contribution >= 0.6 is 11.6 Å². The van der Waals surface area contributed by atoms with Crippen LogP contribution in [0.1, 0.15) is 42.6 Å². The number of ketones is 1. The Morgan fingerprint density at radius 1 is 1.40 bits per heavy atom. The van der Waals surface area contributed by atoms with Crippen LogP contribution in [0.4, 0.5) is 0 Å². The van der Waals surface area contributed by atoms with Crippen LogP contribution in [-0.2, 0) is 5.54 Å². The number of aryl methyl sites for hydroxylation is 1. The largest absolute Gasteiger partial charge is 0.294 e. The summed E-state index contributed by atoms with van der Waals surface area (Å²) in [6, 6.07) is 3.52. The minimum atomic E-state index is -0.227. The Hall–Kier alpha value is -1.68. The van der Waals surface area contributed by atoms with Crippen LogP contribution in [-0.4, -0.2) is 15.3 Å². The maximum Gasteiger partial charge on any atom is 0.262 e. The zero-order valence-corrected chi connectivity index (χ0v) is 12.4. The molecule has 3 rings (SSSR count). The summed E-state index contributed by atoms with van der Waals surface area (Å²) in [6.45, 7) is 5.33. The van der Waals surface area contributed by atoms with Crippen molar-refractivity contribution >= 4 is 28.3 Å². The van der Waals surface area contributed by atoms with E-state index in [0.717, 1.165) is 18.4 Å². The molecule has 5 heteroatoms. The predicted octanol–water partition coefficient (Wildman–Crippen LogP) is 3.07. The molecule has 0 bridgehead atoms. The average molecular weight is 291 g/mol. The third-order valence-corrected chi connectivity index (χ3v) is 4.22. The van der Waals surface area contributed by atoms with Gasteiger partial charge in [-0.25, -0.2) is 4.98 Å². The van der Waals surface area contributed by atoms with Gasteiger partial charge in [-0.1, -0.05) is 0 Å². The summed E-state index contributed by atoms with van der Waals surface area (Å²) < 4.78 is 1.56. The third-order valence-electron chi connectivity index (χ3n) is 3.97. The number of halogens is 1. The van der Waals surface area contributed by atoms with Crippen molar-refractivity contribution in [1.29, 1.82) is 0 Å². The predicted molar refractivity (Wildman–Crippen MR) is 78.6 cm³/mol. The Morgan fingerprint density at radius 2 is 2.05 bits per heavy atom. The van der Waals surface area contributed by atoms with E-state index >= 15 is 0 Å². The lowest BCUT2D eigenvalue weighted by atomic mass is 10.0. The van der Waals surface area contributed by atoms with Gasteiger partial charge in [0.2, 0.25) is 5.28 Å². The van der Waals surface area contributed by atoms with Crippen LogP contribution in [0.15, 0.2) is 16.9 Å². The van der Waals surface area contributed by atoms with Gasteiger partial charge in [-0.3, -0.25) is 14.2 Å². The van der Waals surface area contributed by atoms with E-state index in [9.17, 15) is 9.59 Å². The van der Waals surface area contributed by atoms with E-state index in [0.29, 0.717) is 16.5 Å². The fraction of sp³-hybridized carbons (Fsp3) is 0.400. The van der Waals surface area contributed by atoms with Gasteiger partial charge in [0.25, 0.3) is 5.56 Å². The van der Waals surface area contributed by atoms with Crippen molar-refractivity contribution in [3.05, 3.63) is 38.9 Å². The fourth-order valence-electron chi connectivity index (χ4n) is 2.55. The highest BCUT2D eigenvalue weighted by molar-refractivity contribution is 6.29. The standard InChI is InChI=1S/C15H15ClN2O2/c1-8-6-10(9(2)19)12-11(7-8)13(20)18(14(16)17-12)15(3)4-5-15/h6-7H,4-5H2,1-3H3. The number of benzene rings is 1. The zero-order chi connectivity index (χ0) is 14.7. The molecule has 0 spiro atoms. The molecule has 1 aliphatic rings. The normalized spacial score (nSPS) is 16.4. The topological polar surface area (TPSA) is 52.0 Å². The molecule has 4 nitrogen and oxygen atoms in total. The second-order valence-electron chi connectivity index (χ2n) is 5.78. The highest BCUT2D eigenvalue weighted by atomic mass is 35.5. The molecule has 104 valence electrons. The second kappa shape index (κ2) is 4.16. The van der Waals surface area contributed by atoms with Crippen molar-refractivity contribution < 1.29 is 4.79 Å². The van der Waals surface area contributed by atoms with E-state index in [2.05, 4.69) is 4.98 Å². The maximum atomic E-state index is 12.7. The van der Waals surface area contributed by atoms with Gasteiger partial charge in [-0.2, -0.15) is 0 Å². The molecule has 0 unspecified atom stereocenters. The lowest BCUT2D eigenvalue weighted by molar-refractivity contribution is 0.101. The Balaban J connectivity index is 2.45. The SMILES string of the molecule is CC(=O)c1cc(C)cc2c(=O)n(C3(C)CC3)c(Cl)nc12.